The predicted octanol–water partition coefficient (Wildman–Crippen LogP) is 4.16. The third-order valence-electron chi connectivity index (χ3n) is 2.88. The lowest BCUT2D eigenvalue weighted by molar-refractivity contribution is 0.577. The van der Waals surface area contributed by atoms with Crippen molar-refractivity contribution in [2.45, 2.75) is 26.8 Å². The Morgan fingerprint density at radius 2 is 1.85 bits per heavy atom. The summed E-state index contributed by atoms with van der Waals surface area (Å²) in [6.45, 7) is 5.03. The zero-order chi connectivity index (χ0) is 14.5. The molecule has 0 unspecified atom stereocenters. The molecule has 0 saturated heterocycles. The number of rotatable bonds is 6. The number of aromatic nitrogens is 1. The van der Waals surface area contributed by atoms with E-state index in [1.54, 1.807) is 11.3 Å². The van der Waals surface area contributed by atoms with Gasteiger partial charge in [-0.15, -0.1) is 0 Å². The second-order valence-electron chi connectivity index (χ2n) is 4.51. The highest BCUT2D eigenvalue weighted by atomic mass is 32.1. The molecule has 0 aliphatic carbocycles. The minimum atomic E-state index is -0.683. The molecule has 0 fully saturated rings. The van der Waals surface area contributed by atoms with Gasteiger partial charge in [-0.2, -0.15) is 11.3 Å². The van der Waals surface area contributed by atoms with Crippen LogP contribution >= 0.6 is 11.3 Å². The van der Waals surface area contributed by atoms with Crippen LogP contribution in [0.5, 0.6) is 0 Å². The van der Waals surface area contributed by atoms with E-state index < -0.39 is 11.6 Å². The van der Waals surface area contributed by atoms with E-state index in [1.807, 2.05) is 24.6 Å². The standard InChI is InChI=1S/C14H17F2N3S/c1-3-4-17-13-11(15)5-12(16)14(19-13)18-6-10-8-20-7-9(10)2/h5,7-8H,3-4,6H2,1-2H3,(H2,17,18,19). The van der Waals surface area contributed by atoms with E-state index in [0.717, 1.165) is 23.6 Å². The first-order valence-corrected chi connectivity index (χ1v) is 7.41. The molecule has 3 nitrogen and oxygen atoms in total. The van der Waals surface area contributed by atoms with Gasteiger partial charge in [0.05, 0.1) is 0 Å². The third kappa shape index (κ3) is 3.45. The zero-order valence-corrected chi connectivity index (χ0v) is 12.3. The average Bonchev–Trinajstić information content (AvgIpc) is 2.82. The monoisotopic (exact) mass is 297 g/mol. The summed E-state index contributed by atoms with van der Waals surface area (Å²) >= 11 is 1.60. The van der Waals surface area contributed by atoms with E-state index in [4.69, 9.17) is 0 Å². The van der Waals surface area contributed by atoms with Crippen molar-refractivity contribution in [1.82, 2.24) is 4.98 Å². The molecule has 20 heavy (non-hydrogen) atoms. The first-order valence-electron chi connectivity index (χ1n) is 6.47. The van der Waals surface area contributed by atoms with Gasteiger partial charge in [0.25, 0.3) is 0 Å². The summed E-state index contributed by atoms with van der Waals surface area (Å²) in [5.74, 6) is -1.21. The molecule has 0 aromatic carbocycles. The van der Waals surface area contributed by atoms with Crippen molar-refractivity contribution < 1.29 is 8.78 Å². The molecular formula is C14H17F2N3S. The number of thiophene rings is 1. The molecule has 2 aromatic rings. The molecule has 2 rings (SSSR count). The molecule has 0 aliphatic rings. The summed E-state index contributed by atoms with van der Waals surface area (Å²) in [6.07, 6.45) is 0.843. The van der Waals surface area contributed by atoms with Crippen molar-refractivity contribution >= 4 is 23.0 Å². The Balaban J connectivity index is 2.12. The molecule has 0 amide bonds. The largest absolute Gasteiger partial charge is 0.368 e. The van der Waals surface area contributed by atoms with Gasteiger partial charge < -0.3 is 10.6 Å². The first kappa shape index (κ1) is 14.7. The first-order chi connectivity index (χ1) is 9.61. The van der Waals surface area contributed by atoms with Crippen LogP contribution in [0, 0.1) is 18.6 Å². The fraction of sp³-hybridized carbons (Fsp3) is 0.357. The van der Waals surface area contributed by atoms with E-state index in [9.17, 15) is 8.78 Å². The molecule has 2 heterocycles. The lowest BCUT2D eigenvalue weighted by Gasteiger charge is -2.10. The van der Waals surface area contributed by atoms with Gasteiger partial charge >= 0.3 is 0 Å². The number of anilines is 2. The van der Waals surface area contributed by atoms with E-state index in [-0.39, 0.29) is 11.6 Å². The number of aryl methyl sites for hydroxylation is 1. The molecule has 2 N–H and O–H groups in total. The van der Waals surface area contributed by atoms with Crippen LogP contribution in [-0.2, 0) is 6.54 Å². The van der Waals surface area contributed by atoms with Crippen molar-refractivity contribution in [3.05, 3.63) is 39.6 Å². The lowest BCUT2D eigenvalue weighted by atomic mass is 10.2. The minimum absolute atomic E-state index is 0.0654. The quantitative estimate of drug-likeness (QED) is 0.840. The highest BCUT2D eigenvalue weighted by molar-refractivity contribution is 7.08. The Morgan fingerprint density at radius 3 is 2.45 bits per heavy atom. The topological polar surface area (TPSA) is 37.0 Å². The molecule has 6 heteroatoms. The van der Waals surface area contributed by atoms with Crippen LogP contribution in [0.15, 0.2) is 16.8 Å². The van der Waals surface area contributed by atoms with E-state index in [2.05, 4.69) is 15.6 Å². The molecule has 0 saturated carbocycles. The van der Waals surface area contributed by atoms with Gasteiger partial charge in [-0.1, -0.05) is 6.92 Å². The predicted molar refractivity (Wildman–Crippen MR) is 79.3 cm³/mol. The number of nitrogens with zero attached hydrogens (tertiary/aromatic N) is 1. The fourth-order valence-electron chi connectivity index (χ4n) is 1.70. The van der Waals surface area contributed by atoms with Crippen LogP contribution < -0.4 is 10.6 Å². The van der Waals surface area contributed by atoms with E-state index in [1.165, 1.54) is 0 Å². The fourth-order valence-corrected chi connectivity index (χ4v) is 2.56. The van der Waals surface area contributed by atoms with E-state index >= 15 is 0 Å². The molecular weight excluding hydrogens is 280 g/mol. The Kier molecular flexibility index (Phi) is 4.89. The SMILES string of the molecule is CCCNc1nc(NCc2cscc2C)c(F)cc1F. The normalized spacial score (nSPS) is 10.6. The summed E-state index contributed by atoms with van der Waals surface area (Å²) in [4.78, 5) is 3.97. The van der Waals surface area contributed by atoms with Crippen molar-refractivity contribution in [3.8, 4) is 0 Å². The minimum Gasteiger partial charge on any atom is -0.368 e. The van der Waals surface area contributed by atoms with Gasteiger partial charge in [0, 0.05) is 19.2 Å². The van der Waals surface area contributed by atoms with E-state index in [0.29, 0.717) is 13.1 Å². The van der Waals surface area contributed by atoms with Crippen molar-refractivity contribution in [3.63, 3.8) is 0 Å². The van der Waals surface area contributed by atoms with Crippen LogP contribution in [0.3, 0.4) is 0 Å². The van der Waals surface area contributed by atoms with Gasteiger partial charge in [0.1, 0.15) is 0 Å². The summed E-state index contributed by atoms with van der Waals surface area (Å²) in [5, 5.41) is 9.79. The van der Waals surface area contributed by atoms with Gasteiger partial charge in [0.15, 0.2) is 23.3 Å². The Hall–Kier alpha value is -1.69. The highest BCUT2D eigenvalue weighted by Gasteiger charge is 2.11. The molecule has 0 atom stereocenters. The molecule has 108 valence electrons. The van der Waals surface area contributed by atoms with Crippen molar-refractivity contribution in [2.75, 3.05) is 17.2 Å². The van der Waals surface area contributed by atoms with Gasteiger partial charge in [0.2, 0.25) is 0 Å². The van der Waals surface area contributed by atoms with Gasteiger partial charge in [-0.3, -0.25) is 0 Å². The summed E-state index contributed by atoms with van der Waals surface area (Å²) < 4.78 is 27.2. The Labute approximate surface area is 121 Å². The summed E-state index contributed by atoms with van der Waals surface area (Å²) in [5.41, 5.74) is 2.23. The molecule has 0 spiro atoms. The van der Waals surface area contributed by atoms with Crippen LogP contribution in [0.2, 0.25) is 0 Å². The number of pyridine rings is 1. The van der Waals surface area contributed by atoms with Crippen LogP contribution in [0.25, 0.3) is 0 Å². The third-order valence-corrected chi connectivity index (χ3v) is 3.79. The molecule has 2 aromatic heterocycles. The maximum atomic E-state index is 13.7. The smallest absolute Gasteiger partial charge is 0.168 e. The van der Waals surface area contributed by atoms with Crippen LogP contribution in [0.1, 0.15) is 24.5 Å². The number of nitrogens with one attached hydrogen (secondary N) is 2. The maximum Gasteiger partial charge on any atom is 0.168 e. The number of hydrogen-bond acceptors (Lipinski definition) is 4. The molecule has 0 bridgehead atoms. The highest BCUT2D eigenvalue weighted by Crippen LogP contribution is 2.21. The van der Waals surface area contributed by atoms with Crippen molar-refractivity contribution in [1.29, 1.82) is 0 Å². The number of halogens is 2. The van der Waals surface area contributed by atoms with Gasteiger partial charge in [-0.25, -0.2) is 13.8 Å². The van der Waals surface area contributed by atoms with Gasteiger partial charge in [-0.05, 0) is 35.2 Å². The molecule has 0 radical (unpaired) electrons. The zero-order valence-electron chi connectivity index (χ0n) is 11.5. The summed E-state index contributed by atoms with van der Waals surface area (Å²) in [6, 6.07) is 0.855. The molecule has 0 aliphatic heterocycles. The lowest BCUT2D eigenvalue weighted by Crippen LogP contribution is -2.09. The maximum absolute atomic E-state index is 13.7. The Morgan fingerprint density at radius 1 is 1.15 bits per heavy atom. The summed E-state index contributed by atoms with van der Waals surface area (Å²) in [7, 11) is 0. The number of hydrogen-bond donors (Lipinski definition) is 2. The average molecular weight is 297 g/mol. The van der Waals surface area contributed by atoms with Crippen LogP contribution in [0.4, 0.5) is 20.4 Å². The Bertz CT molecular complexity index is 584. The second kappa shape index (κ2) is 6.65. The van der Waals surface area contributed by atoms with Crippen molar-refractivity contribution in [2.24, 2.45) is 0 Å². The van der Waals surface area contributed by atoms with Crippen LogP contribution in [-0.4, -0.2) is 11.5 Å². The second-order valence-corrected chi connectivity index (χ2v) is 5.25.